The van der Waals surface area contributed by atoms with E-state index in [2.05, 4.69) is 36.1 Å². The molecule has 0 saturated heterocycles. The normalized spacial score (nSPS) is 17.3. The summed E-state index contributed by atoms with van der Waals surface area (Å²) >= 11 is 0. The van der Waals surface area contributed by atoms with Gasteiger partial charge in [-0.25, -0.2) is 9.97 Å². The van der Waals surface area contributed by atoms with Gasteiger partial charge in [-0.15, -0.1) is 0 Å². The average molecular weight is 264 g/mol. The molecule has 0 unspecified atom stereocenters. The molecule has 0 atom stereocenters. The Hall–Kier alpha value is -1.36. The third-order valence-electron chi connectivity index (χ3n) is 3.78. The van der Waals surface area contributed by atoms with Crippen LogP contribution in [0.25, 0.3) is 0 Å². The molecule has 0 bridgehead atoms. The fourth-order valence-electron chi connectivity index (χ4n) is 1.88. The van der Waals surface area contributed by atoms with Gasteiger partial charge in [0, 0.05) is 22.9 Å². The van der Waals surface area contributed by atoms with E-state index in [-0.39, 0.29) is 17.4 Å². The molecule has 4 N–H and O–H groups in total. The maximum atomic E-state index is 9.34. The van der Waals surface area contributed by atoms with Gasteiger partial charge in [0.05, 0.1) is 6.61 Å². The molecule has 1 saturated carbocycles. The first-order chi connectivity index (χ1) is 8.77. The molecule has 19 heavy (non-hydrogen) atoms. The fraction of sp³-hybridized carbons (Fsp3) is 0.714. The van der Waals surface area contributed by atoms with Crippen LogP contribution in [0.5, 0.6) is 0 Å². The van der Waals surface area contributed by atoms with E-state index in [0.717, 1.165) is 36.6 Å². The number of hydrogen-bond donors (Lipinski definition) is 3. The standard InChI is InChI=1S/C14H24N4O/c1-9-10(15)17-12(13(2,3)4)18-11(9)16-7-14(8-19)5-6-14/h19H,5-8H2,1-4H3,(H3,15,16,17,18). The van der Waals surface area contributed by atoms with Crippen LogP contribution in [-0.4, -0.2) is 28.2 Å². The van der Waals surface area contributed by atoms with Crippen molar-refractivity contribution in [1.82, 2.24) is 9.97 Å². The van der Waals surface area contributed by atoms with Crippen LogP contribution >= 0.6 is 0 Å². The molecule has 1 aliphatic carbocycles. The zero-order valence-electron chi connectivity index (χ0n) is 12.2. The van der Waals surface area contributed by atoms with Gasteiger partial charge in [0.25, 0.3) is 0 Å². The topological polar surface area (TPSA) is 84.1 Å². The first-order valence-electron chi connectivity index (χ1n) is 6.77. The second-order valence-electron chi connectivity index (χ2n) is 6.67. The van der Waals surface area contributed by atoms with Crippen molar-refractivity contribution in [1.29, 1.82) is 0 Å². The first kappa shape index (κ1) is 14.1. The Bertz CT molecular complexity index is 475. The highest BCUT2D eigenvalue weighted by Gasteiger charge is 2.41. The molecule has 0 spiro atoms. The molecule has 0 radical (unpaired) electrons. The van der Waals surface area contributed by atoms with Crippen molar-refractivity contribution in [2.45, 2.75) is 46.0 Å². The van der Waals surface area contributed by atoms with Crippen molar-refractivity contribution in [2.75, 3.05) is 24.2 Å². The summed E-state index contributed by atoms with van der Waals surface area (Å²) in [4.78, 5) is 8.95. The molecule has 0 aromatic carbocycles. The van der Waals surface area contributed by atoms with Gasteiger partial charge in [0.2, 0.25) is 0 Å². The molecule has 5 nitrogen and oxygen atoms in total. The lowest BCUT2D eigenvalue weighted by Crippen LogP contribution is -2.23. The van der Waals surface area contributed by atoms with E-state index in [1.54, 1.807) is 0 Å². The number of anilines is 2. The zero-order valence-corrected chi connectivity index (χ0v) is 12.2. The predicted octanol–water partition coefficient (Wildman–Crippen LogP) is 1.85. The van der Waals surface area contributed by atoms with Gasteiger partial charge in [-0.05, 0) is 19.8 Å². The summed E-state index contributed by atoms with van der Waals surface area (Å²) in [7, 11) is 0. The molecule has 5 heteroatoms. The molecule has 1 aliphatic rings. The van der Waals surface area contributed by atoms with Crippen molar-refractivity contribution < 1.29 is 5.11 Å². The number of aliphatic hydroxyl groups is 1. The number of nitrogens with zero attached hydrogens (tertiary/aromatic N) is 2. The smallest absolute Gasteiger partial charge is 0.138 e. The molecule has 106 valence electrons. The van der Waals surface area contributed by atoms with E-state index in [9.17, 15) is 5.11 Å². The highest BCUT2D eigenvalue weighted by Crippen LogP contribution is 2.45. The Labute approximate surface area is 114 Å². The zero-order chi connectivity index (χ0) is 14.3. The van der Waals surface area contributed by atoms with Crippen molar-refractivity contribution in [2.24, 2.45) is 5.41 Å². The van der Waals surface area contributed by atoms with E-state index < -0.39 is 0 Å². The van der Waals surface area contributed by atoms with Crippen LogP contribution in [0, 0.1) is 12.3 Å². The summed E-state index contributed by atoms with van der Waals surface area (Å²) in [5.41, 5.74) is 6.76. The van der Waals surface area contributed by atoms with Gasteiger partial charge in [-0.3, -0.25) is 0 Å². The summed E-state index contributed by atoms with van der Waals surface area (Å²) in [5, 5.41) is 12.7. The van der Waals surface area contributed by atoms with E-state index in [1.165, 1.54) is 0 Å². The van der Waals surface area contributed by atoms with Gasteiger partial charge in [-0.1, -0.05) is 20.8 Å². The van der Waals surface area contributed by atoms with Gasteiger partial charge >= 0.3 is 0 Å². The van der Waals surface area contributed by atoms with Crippen molar-refractivity contribution >= 4 is 11.6 Å². The third-order valence-corrected chi connectivity index (χ3v) is 3.78. The minimum atomic E-state index is -0.132. The Kier molecular flexibility index (Phi) is 3.43. The van der Waals surface area contributed by atoms with Crippen LogP contribution in [0.15, 0.2) is 0 Å². The summed E-state index contributed by atoms with van der Waals surface area (Å²) < 4.78 is 0. The number of aromatic nitrogens is 2. The van der Waals surface area contributed by atoms with Gasteiger partial charge in [0.1, 0.15) is 17.5 Å². The molecular formula is C14H24N4O. The Morgan fingerprint density at radius 3 is 2.42 bits per heavy atom. The monoisotopic (exact) mass is 264 g/mol. The summed E-state index contributed by atoms with van der Waals surface area (Å²) in [6, 6.07) is 0. The second-order valence-corrected chi connectivity index (χ2v) is 6.67. The van der Waals surface area contributed by atoms with Gasteiger partial charge in [-0.2, -0.15) is 0 Å². The third kappa shape index (κ3) is 2.97. The number of hydrogen-bond acceptors (Lipinski definition) is 5. The Morgan fingerprint density at radius 1 is 1.32 bits per heavy atom. The molecule has 1 aromatic heterocycles. The van der Waals surface area contributed by atoms with Crippen molar-refractivity contribution in [3.63, 3.8) is 0 Å². The minimum absolute atomic E-state index is 0.0497. The van der Waals surface area contributed by atoms with E-state index in [4.69, 9.17) is 5.73 Å². The lowest BCUT2D eigenvalue weighted by atomic mass is 9.95. The number of nitrogens with two attached hydrogens (primary N) is 1. The Morgan fingerprint density at radius 2 is 1.95 bits per heavy atom. The van der Waals surface area contributed by atoms with Crippen LogP contribution in [0.2, 0.25) is 0 Å². The minimum Gasteiger partial charge on any atom is -0.396 e. The number of aliphatic hydroxyl groups excluding tert-OH is 1. The molecule has 1 heterocycles. The first-order valence-corrected chi connectivity index (χ1v) is 6.77. The number of nitrogen functional groups attached to an aromatic ring is 1. The second kappa shape index (κ2) is 4.63. The lowest BCUT2D eigenvalue weighted by Gasteiger charge is -2.21. The van der Waals surface area contributed by atoms with Gasteiger partial charge in [0.15, 0.2) is 0 Å². The molecule has 1 aromatic rings. The molecule has 0 amide bonds. The van der Waals surface area contributed by atoms with Crippen LogP contribution in [0.4, 0.5) is 11.6 Å². The fourth-order valence-corrected chi connectivity index (χ4v) is 1.88. The van der Waals surface area contributed by atoms with Crippen LogP contribution in [0.3, 0.4) is 0 Å². The largest absolute Gasteiger partial charge is 0.396 e. The summed E-state index contributed by atoms with van der Waals surface area (Å²) in [6.45, 7) is 9.09. The van der Waals surface area contributed by atoms with Crippen LogP contribution < -0.4 is 11.1 Å². The number of nitrogens with one attached hydrogen (secondary N) is 1. The van der Waals surface area contributed by atoms with Crippen molar-refractivity contribution in [3.05, 3.63) is 11.4 Å². The molecule has 2 rings (SSSR count). The van der Waals surface area contributed by atoms with E-state index in [0.29, 0.717) is 5.82 Å². The average Bonchev–Trinajstić information content (AvgIpc) is 3.10. The maximum Gasteiger partial charge on any atom is 0.138 e. The van der Waals surface area contributed by atoms with Gasteiger partial charge < -0.3 is 16.2 Å². The predicted molar refractivity (Wildman–Crippen MR) is 77.1 cm³/mol. The summed E-state index contributed by atoms with van der Waals surface area (Å²) in [5.74, 6) is 2.06. The van der Waals surface area contributed by atoms with Crippen LogP contribution in [-0.2, 0) is 5.41 Å². The van der Waals surface area contributed by atoms with Crippen molar-refractivity contribution in [3.8, 4) is 0 Å². The SMILES string of the molecule is Cc1c(N)nc(C(C)(C)C)nc1NCC1(CO)CC1. The summed E-state index contributed by atoms with van der Waals surface area (Å²) in [6.07, 6.45) is 2.14. The Balaban J connectivity index is 2.21. The quantitative estimate of drug-likeness (QED) is 0.773. The number of rotatable bonds is 4. The van der Waals surface area contributed by atoms with E-state index in [1.807, 2.05) is 6.92 Å². The molecule has 0 aliphatic heterocycles. The highest BCUT2D eigenvalue weighted by atomic mass is 16.3. The lowest BCUT2D eigenvalue weighted by molar-refractivity contribution is 0.219. The maximum absolute atomic E-state index is 9.34. The van der Waals surface area contributed by atoms with E-state index >= 15 is 0 Å². The van der Waals surface area contributed by atoms with Crippen LogP contribution in [0.1, 0.15) is 45.0 Å². The molecular weight excluding hydrogens is 240 g/mol. The molecule has 1 fully saturated rings. The highest BCUT2D eigenvalue weighted by molar-refractivity contribution is 5.55.